The Morgan fingerprint density at radius 1 is 1.13 bits per heavy atom. The third kappa shape index (κ3) is 5.51. The molecule has 0 radical (unpaired) electrons. The van der Waals surface area contributed by atoms with Crippen molar-refractivity contribution in [1.29, 1.82) is 0 Å². The van der Waals surface area contributed by atoms with E-state index in [0.717, 1.165) is 78.4 Å². The molecule has 0 bridgehead atoms. The molecule has 1 fully saturated rings. The van der Waals surface area contributed by atoms with Gasteiger partial charge in [-0.3, -0.25) is 14.3 Å². The van der Waals surface area contributed by atoms with Gasteiger partial charge in [0.25, 0.3) is 0 Å². The molecule has 1 saturated heterocycles. The number of carbonyl (C=O) groups excluding carboxylic acids is 1. The number of hydrogen-bond donors (Lipinski definition) is 0. The Morgan fingerprint density at radius 3 is 2.61 bits per heavy atom. The number of esters is 1. The zero-order valence-electron chi connectivity index (χ0n) is 22.1. The number of ether oxygens (including phenoxy) is 1. The molecule has 0 unspecified atom stereocenters. The Hall–Kier alpha value is -3.50. The van der Waals surface area contributed by atoms with Gasteiger partial charge >= 0.3 is 5.97 Å². The van der Waals surface area contributed by atoms with Crippen LogP contribution in [-0.2, 0) is 22.4 Å². The van der Waals surface area contributed by atoms with Gasteiger partial charge in [-0.05, 0) is 43.7 Å². The van der Waals surface area contributed by atoms with Crippen LogP contribution in [0.5, 0.6) is 0 Å². The van der Waals surface area contributed by atoms with Gasteiger partial charge in [0, 0.05) is 56.8 Å². The Kier molecular flexibility index (Phi) is 7.90. The van der Waals surface area contributed by atoms with Gasteiger partial charge in [-0.1, -0.05) is 13.0 Å². The number of halogens is 1. The third-order valence-electron chi connectivity index (χ3n) is 6.85. The molecular formula is C28H33FN6O2S. The van der Waals surface area contributed by atoms with Crippen molar-refractivity contribution in [3.05, 3.63) is 64.8 Å². The van der Waals surface area contributed by atoms with Crippen LogP contribution in [0.2, 0.25) is 0 Å². The highest BCUT2D eigenvalue weighted by atomic mass is 32.1. The number of carbonyl (C=O) groups is 1. The molecule has 5 rings (SSSR count). The number of benzene rings is 1. The van der Waals surface area contributed by atoms with E-state index in [4.69, 9.17) is 14.7 Å². The molecule has 4 heterocycles. The molecule has 38 heavy (non-hydrogen) atoms. The van der Waals surface area contributed by atoms with Gasteiger partial charge in [0.05, 0.1) is 30.2 Å². The molecule has 2 aliphatic heterocycles. The number of imidazole rings is 1. The Balaban J connectivity index is 1.38. The minimum atomic E-state index is -0.257. The van der Waals surface area contributed by atoms with Gasteiger partial charge in [0.1, 0.15) is 17.5 Å². The van der Waals surface area contributed by atoms with Crippen molar-refractivity contribution in [1.82, 2.24) is 24.3 Å². The number of nitrogens with zero attached hydrogens (tertiary/aromatic N) is 6. The van der Waals surface area contributed by atoms with Crippen molar-refractivity contribution in [2.75, 3.05) is 51.3 Å². The van der Waals surface area contributed by atoms with E-state index in [1.807, 2.05) is 19.4 Å². The van der Waals surface area contributed by atoms with Crippen molar-refractivity contribution >= 4 is 34.5 Å². The maximum atomic E-state index is 13.4. The zero-order chi connectivity index (χ0) is 26.6. The van der Waals surface area contributed by atoms with Crippen molar-refractivity contribution in [2.24, 2.45) is 0 Å². The minimum absolute atomic E-state index is 0.165. The molecule has 1 aromatic carbocycles. The van der Waals surface area contributed by atoms with Crippen LogP contribution in [0.15, 0.2) is 47.5 Å². The summed E-state index contributed by atoms with van der Waals surface area (Å²) >= 11 is 1.56. The van der Waals surface area contributed by atoms with Crippen molar-refractivity contribution in [2.45, 2.75) is 26.7 Å². The largest absolute Gasteiger partial charge is 0.465 e. The number of aromatic nitrogens is 3. The van der Waals surface area contributed by atoms with Crippen molar-refractivity contribution in [3.63, 3.8) is 0 Å². The van der Waals surface area contributed by atoms with Crippen molar-refractivity contribution in [3.8, 4) is 11.3 Å². The summed E-state index contributed by atoms with van der Waals surface area (Å²) in [4.78, 5) is 28.3. The zero-order valence-corrected chi connectivity index (χ0v) is 22.9. The first-order chi connectivity index (χ1) is 18.5. The van der Waals surface area contributed by atoms with Crippen LogP contribution < -0.4 is 4.90 Å². The number of allylic oxidation sites excluding steroid dienone is 2. The first-order valence-electron chi connectivity index (χ1n) is 13.0. The van der Waals surface area contributed by atoms with Gasteiger partial charge < -0.3 is 14.5 Å². The quantitative estimate of drug-likeness (QED) is 0.391. The fourth-order valence-electron chi connectivity index (χ4n) is 4.86. The number of hydrogen-bond acceptors (Lipinski definition) is 8. The molecule has 0 atom stereocenters. The Bertz CT molecular complexity index is 1340. The van der Waals surface area contributed by atoms with E-state index in [0.29, 0.717) is 13.2 Å². The van der Waals surface area contributed by atoms with Crippen LogP contribution in [0.4, 0.5) is 15.3 Å². The van der Waals surface area contributed by atoms with E-state index in [1.165, 1.54) is 12.1 Å². The number of anilines is 2. The summed E-state index contributed by atoms with van der Waals surface area (Å²) in [6, 6.07) is 6.42. The van der Waals surface area contributed by atoms with Crippen LogP contribution in [0.1, 0.15) is 25.4 Å². The molecule has 200 valence electrons. The molecule has 10 heteroatoms. The molecule has 0 N–H and O–H groups in total. The van der Waals surface area contributed by atoms with E-state index in [2.05, 4.69) is 44.5 Å². The van der Waals surface area contributed by atoms with Crippen LogP contribution >= 0.6 is 11.3 Å². The normalized spacial score (nSPS) is 15.7. The lowest BCUT2D eigenvalue weighted by atomic mass is 10.2. The van der Waals surface area contributed by atoms with E-state index >= 15 is 0 Å². The second kappa shape index (κ2) is 11.5. The number of fused-ring (bicyclic) bond motifs is 1. The lowest BCUT2D eigenvalue weighted by Crippen LogP contribution is -2.47. The lowest BCUT2D eigenvalue weighted by molar-refractivity contribution is -0.144. The first kappa shape index (κ1) is 26.1. The van der Waals surface area contributed by atoms with E-state index in [9.17, 15) is 9.18 Å². The van der Waals surface area contributed by atoms with Gasteiger partial charge in [-0.2, -0.15) is 0 Å². The maximum absolute atomic E-state index is 13.4. The highest BCUT2D eigenvalue weighted by Crippen LogP contribution is 2.35. The summed E-state index contributed by atoms with van der Waals surface area (Å²) in [5, 5.41) is 2.85. The number of aryl methyl sites for hydroxylation is 1. The monoisotopic (exact) mass is 536 g/mol. The molecule has 2 aliphatic rings. The van der Waals surface area contributed by atoms with E-state index in [1.54, 1.807) is 23.5 Å². The minimum Gasteiger partial charge on any atom is -0.465 e. The summed E-state index contributed by atoms with van der Waals surface area (Å²) in [5.41, 5.74) is 3.86. The van der Waals surface area contributed by atoms with Crippen LogP contribution in [0, 0.1) is 5.82 Å². The summed E-state index contributed by atoms with van der Waals surface area (Å²) in [6.45, 7) is 7.98. The maximum Gasteiger partial charge on any atom is 0.320 e. The standard InChI is InChI=1S/C28H33FN6O2S/c1-4-23-27(32(3)28-31-24(19-38-28)20-9-11-21(29)12-10-20)35-17-22(7-6-8-25(35)30-23)34-15-13-33(14-16-34)18-26(36)37-5-2/h6-7,9-12,17,19H,4-5,8,13-16,18H2,1-3H3. The van der Waals surface area contributed by atoms with Gasteiger partial charge in [-0.15, -0.1) is 11.3 Å². The summed E-state index contributed by atoms with van der Waals surface area (Å²) in [7, 11) is 2.02. The molecule has 3 aromatic rings. The molecule has 2 aromatic heterocycles. The summed E-state index contributed by atoms with van der Waals surface area (Å²) < 4.78 is 20.7. The predicted molar refractivity (Wildman–Crippen MR) is 149 cm³/mol. The van der Waals surface area contributed by atoms with Gasteiger partial charge in [-0.25, -0.2) is 14.4 Å². The average molecular weight is 537 g/mol. The van der Waals surface area contributed by atoms with Crippen LogP contribution in [0.25, 0.3) is 17.5 Å². The smallest absolute Gasteiger partial charge is 0.320 e. The highest BCUT2D eigenvalue weighted by molar-refractivity contribution is 7.14. The fraction of sp³-hybridized carbons (Fsp3) is 0.393. The molecule has 0 amide bonds. The van der Waals surface area contributed by atoms with Crippen LogP contribution in [-0.4, -0.2) is 76.7 Å². The Morgan fingerprint density at radius 2 is 1.89 bits per heavy atom. The van der Waals surface area contributed by atoms with E-state index in [-0.39, 0.29) is 11.8 Å². The van der Waals surface area contributed by atoms with Crippen molar-refractivity contribution < 1.29 is 13.9 Å². The molecule has 0 spiro atoms. The highest BCUT2D eigenvalue weighted by Gasteiger charge is 2.25. The summed E-state index contributed by atoms with van der Waals surface area (Å²) in [6.07, 6.45) is 8.05. The Labute approximate surface area is 226 Å². The predicted octanol–water partition coefficient (Wildman–Crippen LogP) is 4.57. The van der Waals surface area contributed by atoms with Crippen LogP contribution in [0.3, 0.4) is 0 Å². The van der Waals surface area contributed by atoms with E-state index < -0.39 is 0 Å². The fourth-order valence-corrected chi connectivity index (χ4v) is 5.66. The molecule has 8 nitrogen and oxygen atoms in total. The number of rotatable bonds is 8. The third-order valence-corrected chi connectivity index (χ3v) is 7.76. The van der Waals surface area contributed by atoms with Gasteiger partial charge in [0.15, 0.2) is 5.13 Å². The molecule has 0 saturated carbocycles. The lowest BCUT2D eigenvalue weighted by Gasteiger charge is -2.36. The summed E-state index contributed by atoms with van der Waals surface area (Å²) in [5.74, 6) is 1.57. The second-order valence-electron chi connectivity index (χ2n) is 9.33. The van der Waals surface area contributed by atoms with Gasteiger partial charge in [0.2, 0.25) is 0 Å². The number of thiazole rings is 1. The topological polar surface area (TPSA) is 66.7 Å². The second-order valence-corrected chi connectivity index (χ2v) is 10.2. The SMILES string of the molecule is CCOC(=O)CN1CCN(C2=Cn3c(nc(CC)c3N(C)c3nc(-c4ccc(F)cc4)cs3)CC=C2)CC1. The first-order valence-corrected chi connectivity index (χ1v) is 13.9. The molecular weight excluding hydrogens is 503 g/mol. The number of piperazine rings is 1. The molecule has 0 aliphatic carbocycles. The average Bonchev–Trinajstić information content (AvgIpc) is 3.49.